The number of nitrogens with zero attached hydrogens (tertiary/aromatic N) is 2. The first-order valence-electron chi connectivity index (χ1n) is 12.3. The average Bonchev–Trinajstić information content (AvgIpc) is 2.86. The van der Waals surface area contributed by atoms with Crippen molar-refractivity contribution in [3.05, 3.63) is 85.6 Å². The minimum Gasteiger partial charge on any atom is -0.460 e. The summed E-state index contributed by atoms with van der Waals surface area (Å²) in [7, 11) is -1.49. The van der Waals surface area contributed by atoms with Gasteiger partial charge >= 0.3 is 7.12 Å². The lowest BCUT2D eigenvalue weighted by molar-refractivity contribution is 0.285. The van der Waals surface area contributed by atoms with Crippen LogP contribution in [0.1, 0.15) is 60.7 Å². The zero-order chi connectivity index (χ0) is 27.3. The van der Waals surface area contributed by atoms with Crippen LogP contribution < -0.4 is 16.2 Å². The summed E-state index contributed by atoms with van der Waals surface area (Å²) in [4.78, 5) is 17.7. The summed E-state index contributed by atoms with van der Waals surface area (Å²) >= 11 is 6.24. The van der Waals surface area contributed by atoms with Crippen LogP contribution in [-0.2, 0) is 4.76 Å². The van der Waals surface area contributed by atoms with E-state index in [1.165, 1.54) is 12.3 Å². The smallest absolute Gasteiger partial charge is 0.460 e. The second-order valence-corrected chi connectivity index (χ2v) is 10.2. The van der Waals surface area contributed by atoms with E-state index in [4.69, 9.17) is 20.8 Å². The Morgan fingerprint density at radius 2 is 1.89 bits per heavy atom. The zero-order valence-corrected chi connectivity index (χ0v) is 22.4. The number of anilines is 1. The molecule has 2 aromatic heterocycles. The standard InChI is InChI=1S/C28H26BClFN3O4/c1-13(2)27-15(4)26(35)20-9-14(3)8-19(28(20)37-27)16(5)33-22-6-7-23(30)34-25(22)17-10-18-12-32-38-29(36)24(18)21(31)11-17/h6-13,16,33,36H,1-5H3/t16-/m0/s1. The van der Waals surface area contributed by atoms with Crippen LogP contribution in [0.3, 0.4) is 0 Å². The van der Waals surface area contributed by atoms with Crippen LogP contribution in [0, 0.1) is 19.7 Å². The van der Waals surface area contributed by atoms with Gasteiger partial charge in [0, 0.05) is 33.6 Å². The number of aromatic nitrogens is 1. The van der Waals surface area contributed by atoms with Crippen LogP contribution in [0.2, 0.25) is 5.15 Å². The maximum Gasteiger partial charge on any atom is 0.586 e. The van der Waals surface area contributed by atoms with Crippen molar-refractivity contribution in [3.63, 3.8) is 0 Å². The first kappa shape index (κ1) is 25.9. The third-order valence-electron chi connectivity index (χ3n) is 6.69. The maximum atomic E-state index is 15.0. The molecule has 2 N–H and O–H groups in total. The van der Waals surface area contributed by atoms with Gasteiger partial charge in [0.2, 0.25) is 0 Å². The number of hydrogen-bond donors (Lipinski definition) is 2. The number of oxime groups is 1. The van der Waals surface area contributed by atoms with Gasteiger partial charge in [-0.15, -0.1) is 5.16 Å². The van der Waals surface area contributed by atoms with Crippen molar-refractivity contribution in [3.8, 4) is 11.3 Å². The third-order valence-corrected chi connectivity index (χ3v) is 6.90. The quantitative estimate of drug-likeness (QED) is 0.256. The van der Waals surface area contributed by atoms with Gasteiger partial charge in [0.25, 0.3) is 0 Å². The molecule has 194 valence electrons. The molecule has 2 aromatic carbocycles. The highest BCUT2D eigenvalue weighted by atomic mass is 35.5. The molecule has 0 bridgehead atoms. The van der Waals surface area contributed by atoms with Crippen molar-refractivity contribution >= 4 is 47.1 Å². The van der Waals surface area contributed by atoms with Crippen molar-refractivity contribution in [1.82, 2.24) is 4.98 Å². The lowest BCUT2D eigenvalue weighted by Crippen LogP contribution is -2.40. The number of fused-ring (bicyclic) bond motifs is 2. The number of halogens is 2. The minimum atomic E-state index is -1.49. The van der Waals surface area contributed by atoms with E-state index in [0.29, 0.717) is 44.8 Å². The van der Waals surface area contributed by atoms with Gasteiger partial charge in [0.1, 0.15) is 22.3 Å². The normalized spacial score (nSPS) is 13.6. The second-order valence-electron chi connectivity index (χ2n) is 9.86. The van der Waals surface area contributed by atoms with E-state index in [2.05, 4.69) is 15.5 Å². The number of benzene rings is 2. The van der Waals surface area contributed by atoms with E-state index < -0.39 is 12.9 Å². The Kier molecular flexibility index (Phi) is 6.75. The van der Waals surface area contributed by atoms with Gasteiger partial charge in [-0.3, -0.25) is 4.79 Å². The Bertz CT molecular complexity index is 1670. The van der Waals surface area contributed by atoms with Crippen LogP contribution in [-0.4, -0.2) is 23.3 Å². The predicted octanol–water partition coefficient (Wildman–Crippen LogP) is 5.61. The number of aryl methyl sites for hydroxylation is 1. The molecule has 1 aliphatic heterocycles. The molecule has 10 heteroatoms. The number of nitrogens with one attached hydrogen (secondary N) is 1. The van der Waals surface area contributed by atoms with Crippen LogP contribution in [0.25, 0.3) is 22.2 Å². The Labute approximate surface area is 224 Å². The van der Waals surface area contributed by atoms with E-state index in [1.807, 2.05) is 39.8 Å². The molecule has 0 unspecified atom stereocenters. The van der Waals surface area contributed by atoms with Crippen molar-refractivity contribution < 1.29 is 18.6 Å². The van der Waals surface area contributed by atoms with Gasteiger partial charge in [-0.25, -0.2) is 9.37 Å². The molecular formula is C28H26BClFN3O4. The molecule has 4 aromatic rings. The SMILES string of the molecule is Cc1cc([C@H](C)Nc2ccc(Cl)nc2-c2cc(F)c3c(c2)C=NOB3O)c2oc(C(C)C)c(C)c(=O)c2c1. The highest BCUT2D eigenvalue weighted by Crippen LogP contribution is 2.34. The van der Waals surface area contributed by atoms with Crippen LogP contribution in [0.15, 0.2) is 50.8 Å². The van der Waals surface area contributed by atoms with Crippen LogP contribution in [0.4, 0.5) is 10.1 Å². The lowest BCUT2D eigenvalue weighted by atomic mass is 9.75. The molecule has 3 heterocycles. The number of pyridine rings is 1. The van der Waals surface area contributed by atoms with E-state index >= 15 is 0 Å². The average molecular weight is 534 g/mol. The molecule has 0 saturated heterocycles. The van der Waals surface area contributed by atoms with E-state index in [1.54, 1.807) is 25.1 Å². The van der Waals surface area contributed by atoms with Gasteiger partial charge in [-0.1, -0.05) is 31.5 Å². The van der Waals surface area contributed by atoms with Crippen LogP contribution >= 0.6 is 11.6 Å². The summed E-state index contributed by atoms with van der Waals surface area (Å²) in [6, 6.07) is 9.87. The molecule has 1 atom stereocenters. The maximum absolute atomic E-state index is 15.0. The van der Waals surface area contributed by atoms with Gasteiger partial charge < -0.3 is 19.5 Å². The highest BCUT2D eigenvalue weighted by molar-refractivity contribution is 6.62. The first-order chi connectivity index (χ1) is 18.0. The van der Waals surface area contributed by atoms with Crippen molar-refractivity contribution in [2.75, 3.05) is 5.32 Å². The topological polar surface area (TPSA) is 97.0 Å². The molecule has 7 nitrogen and oxygen atoms in total. The van der Waals surface area contributed by atoms with Gasteiger partial charge in [-0.2, -0.15) is 0 Å². The fourth-order valence-corrected chi connectivity index (χ4v) is 5.03. The van der Waals surface area contributed by atoms with Crippen molar-refractivity contribution in [1.29, 1.82) is 0 Å². The Morgan fingerprint density at radius 1 is 1.13 bits per heavy atom. The minimum absolute atomic E-state index is 0.00571. The molecule has 1 aliphatic rings. The molecule has 0 radical (unpaired) electrons. The summed E-state index contributed by atoms with van der Waals surface area (Å²) in [6.45, 7) is 9.67. The fraction of sp³-hybridized carbons (Fsp3) is 0.250. The fourth-order valence-electron chi connectivity index (χ4n) is 4.88. The predicted molar refractivity (Wildman–Crippen MR) is 149 cm³/mol. The Balaban J connectivity index is 1.62. The van der Waals surface area contributed by atoms with E-state index in [9.17, 15) is 14.2 Å². The summed E-state index contributed by atoms with van der Waals surface area (Å²) in [5.74, 6) is 0.0499. The van der Waals surface area contributed by atoms with E-state index in [-0.39, 0.29) is 28.0 Å². The van der Waals surface area contributed by atoms with Gasteiger partial charge in [-0.05, 0) is 56.7 Å². The molecule has 0 aliphatic carbocycles. The Morgan fingerprint density at radius 3 is 2.63 bits per heavy atom. The monoisotopic (exact) mass is 533 g/mol. The van der Waals surface area contributed by atoms with Crippen LogP contribution in [0.5, 0.6) is 0 Å². The summed E-state index contributed by atoms with van der Waals surface area (Å²) in [6.07, 6.45) is 1.34. The second kappa shape index (κ2) is 9.89. The van der Waals surface area contributed by atoms with Gasteiger partial charge in [0.15, 0.2) is 5.43 Å². The zero-order valence-electron chi connectivity index (χ0n) is 21.6. The van der Waals surface area contributed by atoms with E-state index in [0.717, 1.165) is 11.1 Å². The molecule has 0 fully saturated rings. The molecule has 0 saturated carbocycles. The third kappa shape index (κ3) is 4.57. The highest BCUT2D eigenvalue weighted by Gasteiger charge is 2.30. The van der Waals surface area contributed by atoms with Crippen molar-refractivity contribution in [2.45, 2.75) is 46.6 Å². The molecule has 5 rings (SSSR count). The van der Waals surface area contributed by atoms with Gasteiger partial charge in [0.05, 0.1) is 29.0 Å². The largest absolute Gasteiger partial charge is 0.586 e. The Hall–Kier alpha value is -3.69. The molecule has 0 spiro atoms. The molecule has 0 amide bonds. The first-order valence-corrected chi connectivity index (χ1v) is 12.6. The molecular weight excluding hydrogens is 508 g/mol. The molecule has 38 heavy (non-hydrogen) atoms. The van der Waals surface area contributed by atoms with Crippen molar-refractivity contribution in [2.24, 2.45) is 5.16 Å². The summed E-state index contributed by atoms with van der Waals surface area (Å²) in [5.41, 5.74) is 4.67. The summed E-state index contributed by atoms with van der Waals surface area (Å²) < 4.78 is 26.1. The number of rotatable bonds is 5. The summed E-state index contributed by atoms with van der Waals surface area (Å²) in [5, 5.41) is 17.8. The number of hydrogen-bond acceptors (Lipinski definition) is 7. The lowest BCUT2D eigenvalue weighted by Gasteiger charge is -2.21.